The van der Waals surface area contributed by atoms with E-state index in [1.165, 1.54) is 0 Å². The first-order valence-electron chi connectivity index (χ1n) is 6.48. The van der Waals surface area contributed by atoms with Gasteiger partial charge in [-0.15, -0.1) is 5.10 Å². The molecule has 0 spiro atoms. The van der Waals surface area contributed by atoms with Crippen LogP contribution < -0.4 is 10.1 Å². The van der Waals surface area contributed by atoms with Gasteiger partial charge in [-0.1, -0.05) is 11.8 Å². The largest absolute Gasteiger partial charge is 0.497 e. The molecule has 21 heavy (non-hydrogen) atoms. The van der Waals surface area contributed by atoms with Crippen LogP contribution in [0.5, 0.6) is 5.75 Å². The summed E-state index contributed by atoms with van der Waals surface area (Å²) in [6, 6.07) is 7.03. The normalized spacial score (nSPS) is 10.4. The molecule has 8 heteroatoms. The van der Waals surface area contributed by atoms with E-state index in [-0.39, 0.29) is 5.91 Å². The molecule has 1 heterocycles. The zero-order chi connectivity index (χ0) is 15.1. The lowest BCUT2D eigenvalue weighted by molar-refractivity contribution is 0.0954. The molecule has 0 aliphatic carbocycles. The second-order valence-corrected chi connectivity index (χ2v) is 5.33. The molecule has 0 aliphatic rings. The molecule has 1 amide bonds. The minimum atomic E-state index is -0.0806. The average molecular weight is 307 g/mol. The molecule has 1 aromatic carbocycles. The number of nitrogens with one attached hydrogen (secondary N) is 1. The standard InChI is InChI=1S/C13H17N5O2S/c1-18-13(15-16-17-18)21-9-3-8-14-12(19)10-4-6-11(20-2)7-5-10/h4-7H,3,8-9H2,1-2H3,(H,14,19). The van der Waals surface area contributed by atoms with Crippen LogP contribution in [0.1, 0.15) is 16.8 Å². The van der Waals surface area contributed by atoms with Crippen molar-refractivity contribution in [3.8, 4) is 5.75 Å². The van der Waals surface area contributed by atoms with E-state index in [2.05, 4.69) is 20.8 Å². The number of ether oxygens (including phenoxy) is 1. The molecule has 1 N–H and O–H groups in total. The van der Waals surface area contributed by atoms with Crippen molar-refractivity contribution in [3.63, 3.8) is 0 Å². The van der Waals surface area contributed by atoms with Crippen molar-refractivity contribution in [2.75, 3.05) is 19.4 Å². The summed E-state index contributed by atoms with van der Waals surface area (Å²) in [4.78, 5) is 11.9. The number of aryl methyl sites for hydroxylation is 1. The van der Waals surface area contributed by atoms with Crippen molar-refractivity contribution < 1.29 is 9.53 Å². The Hall–Kier alpha value is -2.09. The molecule has 0 saturated heterocycles. The zero-order valence-corrected chi connectivity index (χ0v) is 12.8. The molecular formula is C13H17N5O2S. The monoisotopic (exact) mass is 307 g/mol. The fraction of sp³-hybridized carbons (Fsp3) is 0.385. The highest BCUT2D eigenvalue weighted by molar-refractivity contribution is 7.99. The van der Waals surface area contributed by atoms with Gasteiger partial charge in [-0.2, -0.15) is 0 Å². The molecule has 112 valence electrons. The van der Waals surface area contributed by atoms with Crippen molar-refractivity contribution in [2.45, 2.75) is 11.6 Å². The molecule has 2 aromatic rings. The number of methoxy groups -OCH3 is 1. The number of hydrogen-bond acceptors (Lipinski definition) is 6. The molecule has 1 aromatic heterocycles. The third-order valence-electron chi connectivity index (χ3n) is 2.77. The van der Waals surface area contributed by atoms with Gasteiger partial charge in [-0.3, -0.25) is 4.79 Å². The second kappa shape index (κ2) is 7.63. The summed E-state index contributed by atoms with van der Waals surface area (Å²) in [5.74, 6) is 1.50. The predicted octanol–water partition coefficient (Wildman–Crippen LogP) is 1.13. The molecule has 2 rings (SSSR count). The number of thioether (sulfide) groups is 1. The Morgan fingerprint density at radius 3 is 2.76 bits per heavy atom. The first-order valence-corrected chi connectivity index (χ1v) is 7.46. The van der Waals surface area contributed by atoms with Gasteiger partial charge < -0.3 is 10.1 Å². The summed E-state index contributed by atoms with van der Waals surface area (Å²) in [6.07, 6.45) is 0.847. The van der Waals surface area contributed by atoms with Crippen LogP contribution in [0.15, 0.2) is 29.4 Å². The van der Waals surface area contributed by atoms with Crippen LogP contribution in [-0.4, -0.2) is 45.5 Å². The van der Waals surface area contributed by atoms with Crippen LogP contribution in [0.3, 0.4) is 0 Å². The van der Waals surface area contributed by atoms with Gasteiger partial charge in [-0.05, 0) is 41.1 Å². The van der Waals surface area contributed by atoms with Gasteiger partial charge in [0, 0.05) is 24.9 Å². The van der Waals surface area contributed by atoms with Gasteiger partial charge in [0.25, 0.3) is 5.91 Å². The number of carbonyl (C=O) groups excluding carboxylic acids is 1. The Labute approximate surface area is 127 Å². The summed E-state index contributed by atoms with van der Waals surface area (Å²) in [5, 5.41) is 14.8. The molecule has 7 nitrogen and oxygen atoms in total. The molecule has 0 bridgehead atoms. The highest BCUT2D eigenvalue weighted by atomic mass is 32.2. The number of amides is 1. The number of hydrogen-bond donors (Lipinski definition) is 1. The quantitative estimate of drug-likeness (QED) is 0.610. The van der Waals surface area contributed by atoms with Gasteiger partial charge >= 0.3 is 0 Å². The third kappa shape index (κ3) is 4.45. The van der Waals surface area contributed by atoms with E-state index in [4.69, 9.17) is 4.74 Å². The van der Waals surface area contributed by atoms with Crippen LogP contribution in [0.2, 0.25) is 0 Å². The van der Waals surface area contributed by atoms with Crippen LogP contribution in [0.25, 0.3) is 0 Å². The summed E-state index contributed by atoms with van der Waals surface area (Å²) in [5.41, 5.74) is 0.626. The van der Waals surface area contributed by atoms with Crippen LogP contribution in [0, 0.1) is 0 Å². The van der Waals surface area contributed by atoms with Crippen molar-refractivity contribution in [2.24, 2.45) is 7.05 Å². The first kappa shape index (κ1) is 15.3. The maximum Gasteiger partial charge on any atom is 0.251 e. The van der Waals surface area contributed by atoms with Crippen LogP contribution in [0.4, 0.5) is 0 Å². The van der Waals surface area contributed by atoms with E-state index in [1.807, 2.05) is 0 Å². The molecule has 0 aliphatic heterocycles. The lowest BCUT2D eigenvalue weighted by atomic mass is 10.2. The lowest BCUT2D eigenvalue weighted by Gasteiger charge is -2.05. The van der Waals surface area contributed by atoms with E-state index in [1.54, 1.807) is 54.9 Å². The maximum absolute atomic E-state index is 11.9. The highest BCUT2D eigenvalue weighted by Crippen LogP contribution is 2.13. The minimum Gasteiger partial charge on any atom is -0.497 e. The second-order valence-electron chi connectivity index (χ2n) is 4.27. The van der Waals surface area contributed by atoms with Crippen LogP contribution in [-0.2, 0) is 7.05 Å². The molecule has 0 saturated carbocycles. The SMILES string of the molecule is COc1ccc(C(=O)NCCCSc2nnnn2C)cc1. The van der Waals surface area contributed by atoms with Crippen molar-refractivity contribution in [1.29, 1.82) is 0 Å². The van der Waals surface area contributed by atoms with Gasteiger partial charge in [0.15, 0.2) is 0 Å². The molecule has 0 atom stereocenters. The summed E-state index contributed by atoms with van der Waals surface area (Å²) < 4.78 is 6.68. The van der Waals surface area contributed by atoms with E-state index < -0.39 is 0 Å². The lowest BCUT2D eigenvalue weighted by Crippen LogP contribution is -2.24. The first-order chi connectivity index (χ1) is 10.2. The average Bonchev–Trinajstić information content (AvgIpc) is 2.92. The number of tetrazole rings is 1. The Bertz CT molecular complexity index is 585. The minimum absolute atomic E-state index is 0.0806. The van der Waals surface area contributed by atoms with Gasteiger partial charge in [0.2, 0.25) is 5.16 Å². The van der Waals surface area contributed by atoms with E-state index in [9.17, 15) is 4.79 Å². The highest BCUT2D eigenvalue weighted by Gasteiger charge is 2.05. The zero-order valence-electron chi connectivity index (χ0n) is 11.9. The Kier molecular flexibility index (Phi) is 5.56. The van der Waals surface area contributed by atoms with E-state index in [0.29, 0.717) is 12.1 Å². The third-order valence-corrected chi connectivity index (χ3v) is 3.87. The van der Waals surface area contributed by atoms with Crippen molar-refractivity contribution >= 4 is 17.7 Å². The fourth-order valence-corrected chi connectivity index (χ4v) is 2.41. The number of carbonyl (C=O) groups is 1. The Balaban J connectivity index is 1.68. The van der Waals surface area contributed by atoms with Gasteiger partial charge in [0.1, 0.15) is 5.75 Å². The van der Waals surface area contributed by atoms with Crippen LogP contribution >= 0.6 is 11.8 Å². The topological polar surface area (TPSA) is 81.9 Å². The summed E-state index contributed by atoms with van der Waals surface area (Å²) in [7, 11) is 3.40. The van der Waals surface area contributed by atoms with Gasteiger partial charge in [0.05, 0.1) is 7.11 Å². The fourth-order valence-electron chi connectivity index (χ4n) is 1.63. The number of nitrogens with zero attached hydrogens (tertiary/aromatic N) is 4. The number of rotatable bonds is 7. The predicted molar refractivity (Wildman–Crippen MR) is 79.5 cm³/mol. The molecular weight excluding hydrogens is 290 g/mol. The number of aromatic nitrogens is 4. The van der Waals surface area contributed by atoms with E-state index in [0.717, 1.165) is 23.1 Å². The smallest absolute Gasteiger partial charge is 0.251 e. The molecule has 0 fully saturated rings. The van der Waals surface area contributed by atoms with Crippen molar-refractivity contribution in [1.82, 2.24) is 25.5 Å². The van der Waals surface area contributed by atoms with Crippen molar-refractivity contribution in [3.05, 3.63) is 29.8 Å². The number of benzene rings is 1. The molecule has 0 radical (unpaired) electrons. The van der Waals surface area contributed by atoms with E-state index >= 15 is 0 Å². The molecule has 0 unspecified atom stereocenters. The summed E-state index contributed by atoms with van der Waals surface area (Å²) in [6.45, 7) is 0.614. The maximum atomic E-state index is 11.9. The Morgan fingerprint density at radius 1 is 1.38 bits per heavy atom. The summed E-state index contributed by atoms with van der Waals surface area (Å²) >= 11 is 1.57. The van der Waals surface area contributed by atoms with Gasteiger partial charge in [-0.25, -0.2) is 4.68 Å². The Morgan fingerprint density at radius 2 is 2.14 bits per heavy atom.